The molecule has 0 aromatic heterocycles. The molecule has 0 heterocycles. The van der Waals surface area contributed by atoms with E-state index in [2.05, 4.69) is 5.32 Å². The van der Waals surface area contributed by atoms with Gasteiger partial charge in [0.15, 0.2) is 6.10 Å². The summed E-state index contributed by atoms with van der Waals surface area (Å²) in [5, 5.41) is 11.9. The van der Waals surface area contributed by atoms with Crippen LogP contribution in [-0.4, -0.2) is 23.2 Å². The van der Waals surface area contributed by atoms with Gasteiger partial charge in [-0.15, -0.1) is 0 Å². The highest BCUT2D eigenvalue weighted by molar-refractivity contribution is 5.82. The number of hydrogen-bond acceptors (Lipinski definition) is 3. The second-order valence-electron chi connectivity index (χ2n) is 6.61. The first-order chi connectivity index (χ1) is 12.1. The van der Waals surface area contributed by atoms with Crippen LogP contribution in [0.5, 0.6) is 0 Å². The fraction of sp³-hybridized carbons (Fsp3) is 0.300. The Morgan fingerprint density at radius 1 is 1.00 bits per heavy atom. The summed E-state index contributed by atoms with van der Waals surface area (Å²) < 4.78 is 5.65. The maximum absolute atomic E-state index is 12.4. The van der Waals surface area contributed by atoms with Crippen LogP contribution in [0.4, 0.5) is 4.79 Å². The lowest BCUT2D eigenvalue weighted by atomic mass is 9.80. The molecule has 1 amide bonds. The quantitative estimate of drug-likeness (QED) is 0.891. The number of fused-ring (bicyclic) bond motifs is 3. The third-order valence-corrected chi connectivity index (χ3v) is 5.16. The number of carbonyl (C=O) groups is 2. The zero-order valence-electron chi connectivity index (χ0n) is 13.6. The minimum Gasteiger partial charge on any atom is -0.480 e. The normalized spacial score (nSPS) is 17.1. The summed E-state index contributed by atoms with van der Waals surface area (Å²) in [6, 6.07) is 14.7. The van der Waals surface area contributed by atoms with Crippen molar-refractivity contribution in [2.75, 3.05) is 0 Å². The highest BCUT2D eigenvalue weighted by atomic mass is 16.6. The first-order valence-corrected chi connectivity index (χ1v) is 8.53. The summed E-state index contributed by atoms with van der Waals surface area (Å²) in [7, 11) is 0. The lowest BCUT2D eigenvalue weighted by Gasteiger charge is -2.31. The molecule has 2 aliphatic carbocycles. The average molecular weight is 337 g/mol. The van der Waals surface area contributed by atoms with E-state index in [-0.39, 0.29) is 5.92 Å². The van der Waals surface area contributed by atoms with Gasteiger partial charge in [-0.1, -0.05) is 55.0 Å². The Balaban J connectivity index is 1.56. The van der Waals surface area contributed by atoms with Gasteiger partial charge in [-0.2, -0.15) is 0 Å². The van der Waals surface area contributed by atoms with E-state index in [0.29, 0.717) is 0 Å². The van der Waals surface area contributed by atoms with Gasteiger partial charge in [0.1, 0.15) is 6.04 Å². The predicted molar refractivity (Wildman–Crippen MR) is 92.1 cm³/mol. The largest absolute Gasteiger partial charge is 0.480 e. The van der Waals surface area contributed by atoms with Gasteiger partial charge in [0.2, 0.25) is 0 Å². The van der Waals surface area contributed by atoms with Crippen molar-refractivity contribution in [3.8, 4) is 11.1 Å². The predicted octanol–water partition coefficient (Wildman–Crippen LogP) is 3.74. The molecular formula is C20H19NO4. The van der Waals surface area contributed by atoms with Crippen molar-refractivity contribution in [1.29, 1.82) is 0 Å². The lowest BCUT2D eigenvalue weighted by molar-refractivity contribution is -0.141. The first kappa shape index (κ1) is 15.7. The van der Waals surface area contributed by atoms with E-state index in [0.717, 1.165) is 41.5 Å². The Bertz CT molecular complexity index is 782. The number of rotatable bonds is 4. The number of aliphatic carboxylic acids is 1. The van der Waals surface area contributed by atoms with Crippen molar-refractivity contribution in [2.24, 2.45) is 5.92 Å². The molecule has 5 nitrogen and oxygen atoms in total. The minimum absolute atomic E-state index is 0.00630. The molecule has 0 spiro atoms. The van der Waals surface area contributed by atoms with Crippen LogP contribution in [0.3, 0.4) is 0 Å². The second-order valence-corrected chi connectivity index (χ2v) is 6.61. The molecule has 0 radical (unpaired) electrons. The highest BCUT2D eigenvalue weighted by Crippen LogP contribution is 2.45. The van der Waals surface area contributed by atoms with Gasteiger partial charge in [0.05, 0.1) is 0 Å². The van der Waals surface area contributed by atoms with Crippen molar-refractivity contribution in [2.45, 2.75) is 31.4 Å². The van der Waals surface area contributed by atoms with Crippen molar-refractivity contribution < 1.29 is 19.4 Å². The lowest BCUT2D eigenvalue weighted by Crippen LogP contribution is -2.48. The molecule has 25 heavy (non-hydrogen) atoms. The first-order valence-electron chi connectivity index (χ1n) is 8.53. The van der Waals surface area contributed by atoms with E-state index in [9.17, 15) is 14.7 Å². The number of benzene rings is 2. The van der Waals surface area contributed by atoms with Crippen molar-refractivity contribution >= 4 is 12.1 Å². The Kier molecular flexibility index (Phi) is 3.92. The average Bonchev–Trinajstić information content (AvgIpc) is 2.87. The molecule has 128 valence electrons. The standard InChI is InChI=1S/C20H19NO4/c22-19(23)17(12-6-5-7-12)21-20(24)25-18-15-10-3-1-8-13(15)14-9-2-4-11-16(14)18/h1-4,8-12,17-18H,5-7H2,(H,21,24)(H,22,23)/t17-/m0/s1. The molecule has 2 aromatic carbocycles. The molecule has 2 aromatic rings. The third kappa shape index (κ3) is 2.76. The smallest absolute Gasteiger partial charge is 0.408 e. The molecule has 1 fully saturated rings. The highest BCUT2D eigenvalue weighted by Gasteiger charge is 2.36. The number of hydrogen-bond donors (Lipinski definition) is 2. The van der Waals surface area contributed by atoms with Crippen LogP contribution in [0.2, 0.25) is 0 Å². The molecule has 1 atom stereocenters. The summed E-state index contributed by atoms with van der Waals surface area (Å²) in [4.78, 5) is 23.8. The molecule has 2 N–H and O–H groups in total. The van der Waals surface area contributed by atoms with Gasteiger partial charge in [-0.3, -0.25) is 0 Å². The fourth-order valence-corrected chi connectivity index (χ4v) is 3.66. The van der Waals surface area contributed by atoms with Crippen LogP contribution in [0.1, 0.15) is 36.5 Å². The maximum atomic E-state index is 12.4. The Morgan fingerprint density at radius 3 is 2.04 bits per heavy atom. The summed E-state index contributed by atoms with van der Waals surface area (Å²) in [6.07, 6.45) is 1.46. The molecule has 0 aliphatic heterocycles. The molecular weight excluding hydrogens is 318 g/mol. The van der Waals surface area contributed by atoms with E-state index in [4.69, 9.17) is 4.74 Å². The SMILES string of the molecule is O=C(N[C@H](C(=O)O)C1CCC1)OC1c2ccccc2-c2ccccc21. The number of carboxylic acid groups (broad SMARTS) is 1. The number of amides is 1. The summed E-state index contributed by atoms with van der Waals surface area (Å²) in [6.45, 7) is 0. The minimum atomic E-state index is -1.01. The number of ether oxygens (including phenoxy) is 1. The van der Waals surface area contributed by atoms with Crippen molar-refractivity contribution in [1.82, 2.24) is 5.32 Å². The molecule has 0 saturated heterocycles. The Morgan fingerprint density at radius 2 is 1.56 bits per heavy atom. The monoisotopic (exact) mass is 337 g/mol. The Labute approximate surface area is 145 Å². The van der Waals surface area contributed by atoms with E-state index in [1.807, 2.05) is 48.5 Å². The van der Waals surface area contributed by atoms with E-state index < -0.39 is 24.2 Å². The van der Waals surface area contributed by atoms with E-state index in [1.54, 1.807) is 0 Å². The summed E-state index contributed by atoms with van der Waals surface area (Å²) in [5.41, 5.74) is 3.94. The molecule has 4 rings (SSSR count). The zero-order valence-corrected chi connectivity index (χ0v) is 13.6. The maximum Gasteiger partial charge on any atom is 0.408 e. The van der Waals surface area contributed by atoms with Crippen LogP contribution in [0.25, 0.3) is 11.1 Å². The van der Waals surface area contributed by atoms with Crippen LogP contribution in [0, 0.1) is 5.92 Å². The molecule has 5 heteroatoms. The van der Waals surface area contributed by atoms with Gasteiger partial charge in [-0.05, 0) is 29.9 Å². The van der Waals surface area contributed by atoms with Crippen LogP contribution >= 0.6 is 0 Å². The molecule has 1 saturated carbocycles. The zero-order chi connectivity index (χ0) is 17.4. The van der Waals surface area contributed by atoms with Gasteiger partial charge in [-0.25, -0.2) is 9.59 Å². The molecule has 0 unspecified atom stereocenters. The van der Waals surface area contributed by atoms with Crippen molar-refractivity contribution in [3.63, 3.8) is 0 Å². The third-order valence-electron chi connectivity index (χ3n) is 5.16. The van der Waals surface area contributed by atoms with Crippen LogP contribution in [-0.2, 0) is 9.53 Å². The topological polar surface area (TPSA) is 75.6 Å². The van der Waals surface area contributed by atoms with Crippen molar-refractivity contribution in [3.05, 3.63) is 59.7 Å². The van der Waals surface area contributed by atoms with Crippen LogP contribution in [0.15, 0.2) is 48.5 Å². The van der Waals surface area contributed by atoms with Gasteiger partial charge >= 0.3 is 12.1 Å². The fourth-order valence-electron chi connectivity index (χ4n) is 3.66. The number of alkyl carbamates (subject to hydrolysis) is 1. The number of nitrogens with one attached hydrogen (secondary N) is 1. The molecule has 0 bridgehead atoms. The van der Waals surface area contributed by atoms with E-state index in [1.165, 1.54) is 0 Å². The number of carboxylic acids is 1. The van der Waals surface area contributed by atoms with E-state index >= 15 is 0 Å². The second kappa shape index (κ2) is 6.24. The summed E-state index contributed by atoms with van der Waals surface area (Å²) >= 11 is 0. The van der Waals surface area contributed by atoms with Gasteiger partial charge < -0.3 is 15.2 Å². The number of carbonyl (C=O) groups excluding carboxylic acids is 1. The summed E-state index contributed by atoms with van der Waals surface area (Å²) in [5.74, 6) is -1.01. The van der Waals surface area contributed by atoms with Crippen LogP contribution < -0.4 is 5.32 Å². The molecule has 2 aliphatic rings. The van der Waals surface area contributed by atoms with Gasteiger partial charge in [0.25, 0.3) is 0 Å². The van der Waals surface area contributed by atoms with Gasteiger partial charge in [0, 0.05) is 11.1 Å². The Hall–Kier alpha value is -2.82.